The van der Waals surface area contributed by atoms with Crippen LogP contribution in [0.1, 0.15) is 86.4 Å². The molecule has 2 atom stereocenters. The van der Waals surface area contributed by atoms with Crippen LogP contribution in [0.3, 0.4) is 0 Å². The molecule has 1 saturated heterocycles. The van der Waals surface area contributed by atoms with Crippen LogP contribution >= 0.6 is 23.5 Å². The second-order valence-corrected chi connectivity index (χ2v) is 12.9. The maximum absolute atomic E-state index is 11.3. The third-order valence-electron chi connectivity index (χ3n) is 5.24. The minimum absolute atomic E-state index is 0.0337. The molecule has 7 heteroatoms. The Morgan fingerprint density at radius 1 is 1.32 bits per heavy atom. The zero-order chi connectivity index (χ0) is 23.9. The topological polar surface area (TPSA) is 54.5 Å². The molecule has 2 unspecified atom stereocenters. The first-order valence-electron chi connectivity index (χ1n) is 11.0. The van der Waals surface area contributed by atoms with Gasteiger partial charge in [0.05, 0.1) is 22.4 Å². The van der Waals surface area contributed by atoms with Crippen LogP contribution < -0.4 is 4.72 Å². The number of aromatic nitrogens is 1. The highest BCUT2D eigenvalue weighted by atomic mass is 35.5. The van der Waals surface area contributed by atoms with E-state index in [4.69, 9.17) is 16.3 Å². The van der Waals surface area contributed by atoms with E-state index in [0.717, 1.165) is 37.9 Å². The highest BCUT2D eigenvalue weighted by Gasteiger charge is 2.37. The fourth-order valence-corrected chi connectivity index (χ4v) is 4.15. The maximum Gasteiger partial charge on any atom is 0.210 e. The van der Waals surface area contributed by atoms with Gasteiger partial charge in [-0.2, -0.15) is 0 Å². The number of amides is 1. The first-order chi connectivity index (χ1) is 14.2. The van der Waals surface area contributed by atoms with E-state index >= 15 is 0 Å². The highest BCUT2D eigenvalue weighted by Crippen LogP contribution is 2.36. The minimum Gasteiger partial charge on any atom is -0.379 e. The Balaban J connectivity index is 0.000000703. The van der Waals surface area contributed by atoms with Crippen LogP contribution in [0.5, 0.6) is 0 Å². The molecule has 2 rings (SSSR count). The van der Waals surface area contributed by atoms with Crippen LogP contribution in [-0.4, -0.2) is 45.8 Å². The Labute approximate surface area is 199 Å². The van der Waals surface area contributed by atoms with Crippen LogP contribution in [0.2, 0.25) is 5.02 Å². The number of methoxy groups -OCH3 is 1. The van der Waals surface area contributed by atoms with Gasteiger partial charge in [-0.05, 0) is 92.7 Å². The van der Waals surface area contributed by atoms with Gasteiger partial charge in [-0.25, -0.2) is 0 Å². The lowest BCUT2D eigenvalue weighted by atomic mass is 9.91. The standard InChI is InChI=1S/C19H30ClN3OS.C5H12O/c1-18(2,3)25-22-17(16-9-7-15(20)11-21-16)8-6-14-10-19(4,5)23(12-14)13-24;1-5(2,3)6-4/h7,9,11,13-14,17,22H,6,8,10,12H2,1-5H3;1-4H3. The van der Waals surface area contributed by atoms with Gasteiger partial charge in [-0.3, -0.25) is 14.5 Å². The molecule has 0 bridgehead atoms. The Hall–Kier alpha value is -0.820. The fourth-order valence-electron chi connectivity index (χ4n) is 3.30. The van der Waals surface area contributed by atoms with Gasteiger partial charge < -0.3 is 9.64 Å². The van der Waals surface area contributed by atoms with Gasteiger partial charge in [-0.1, -0.05) is 23.5 Å². The first-order valence-corrected chi connectivity index (χ1v) is 12.2. The van der Waals surface area contributed by atoms with Gasteiger partial charge in [0.2, 0.25) is 6.41 Å². The zero-order valence-corrected chi connectivity index (χ0v) is 22.4. The third-order valence-corrected chi connectivity index (χ3v) is 6.48. The second-order valence-electron chi connectivity index (χ2n) is 10.8. The molecule has 0 aromatic carbocycles. The summed E-state index contributed by atoms with van der Waals surface area (Å²) in [6, 6.07) is 4.07. The fraction of sp³-hybridized carbons (Fsp3) is 0.750. The molecule has 1 aliphatic rings. The van der Waals surface area contributed by atoms with E-state index < -0.39 is 0 Å². The van der Waals surface area contributed by atoms with Crippen molar-refractivity contribution in [2.24, 2.45) is 5.92 Å². The molecule has 2 heterocycles. The van der Waals surface area contributed by atoms with Crippen LogP contribution in [0.15, 0.2) is 18.3 Å². The van der Waals surface area contributed by atoms with Crippen molar-refractivity contribution in [3.63, 3.8) is 0 Å². The summed E-state index contributed by atoms with van der Waals surface area (Å²) in [6.45, 7) is 17.8. The third kappa shape index (κ3) is 11.0. The Morgan fingerprint density at radius 3 is 2.35 bits per heavy atom. The number of carbonyl (C=O) groups is 1. The van der Waals surface area contributed by atoms with Crippen molar-refractivity contribution in [3.8, 4) is 0 Å². The van der Waals surface area contributed by atoms with E-state index in [9.17, 15) is 4.79 Å². The van der Waals surface area contributed by atoms with E-state index in [1.807, 2.05) is 37.8 Å². The van der Waals surface area contributed by atoms with Gasteiger partial charge >= 0.3 is 0 Å². The van der Waals surface area contributed by atoms with E-state index in [1.165, 1.54) is 0 Å². The zero-order valence-electron chi connectivity index (χ0n) is 20.8. The molecule has 5 nitrogen and oxygen atoms in total. The predicted octanol–water partition coefficient (Wildman–Crippen LogP) is 6.28. The lowest BCUT2D eigenvalue weighted by Crippen LogP contribution is -2.36. The molecule has 0 spiro atoms. The summed E-state index contributed by atoms with van der Waals surface area (Å²) in [5.41, 5.74) is 1.03. The van der Waals surface area contributed by atoms with Crippen molar-refractivity contribution in [1.82, 2.24) is 14.6 Å². The molecule has 1 aromatic rings. The summed E-state index contributed by atoms with van der Waals surface area (Å²) >= 11 is 7.72. The van der Waals surface area contributed by atoms with E-state index in [0.29, 0.717) is 10.9 Å². The molecule has 178 valence electrons. The van der Waals surface area contributed by atoms with Gasteiger partial charge in [0.15, 0.2) is 0 Å². The Bertz CT molecular complexity index is 669. The number of pyridine rings is 1. The largest absolute Gasteiger partial charge is 0.379 e. The van der Waals surface area contributed by atoms with Crippen molar-refractivity contribution in [1.29, 1.82) is 0 Å². The number of nitrogens with one attached hydrogen (secondary N) is 1. The number of ether oxygens (including phenoxy) is 1. The van der Waals surface area contributed by atoms with Crippen LogP contribution in [0.25, 0.3) is 0 Å². The number of likely N-dealkylation sites (tertiary alicyclic amines) is 1. The SMILES string of the molecule is CC(C)(C)SNC(CCC1CN(C=O)C(C)(C)C1)c1ccc(Cl)cn1.COC(C)(C)C. The summed E-state index contributed by atoms with van der Waals surface area (Å²) in [7, 11) is 1.71. The molecule has 31 heavy (non-hydrogen) atoms. The summed E-state index contributed by atoms with van der Waals surface area (Å²) in [5, 5.41) is 0.658. The second kappa shape index (κ2) is 11.9. The van der Waals surface area contributed by atoms with Gasteiger partial charge in [0, 0.05) is 30.1 Å². The average molecular weight is 472 g/mol. The average Bonchev–Trinajstić information content (AvgIpc) is 2.95. The Kier molecular flexibility index (Phi) is 10.8. The van der Waals surface area contributed by atoms with Gasteiger partial charge in [0.1, 0.15) is 0 Å². The number of hydrogen-bond donors (Lipinski definition) is 1. The van der Waals surface area contributed by atoms with E-state index in [-0.39, 0.29) is 21.9 Å². The molecule has 1 fully saturated rings. The lowest BCUT2D eigenvalue weighted by molar-refractivity contribution is -0.120. The summed E-state index contributed by atoms with van der Waals surface area (Å²) in [6.07, 6.45) is 5.82. The normalized spacial score (nSPS) is 19.5. The van der Waals surface area contributed by atoms with Crippen molar-refractivity contribution in [2.45, 2.75) is 96.6 Å². The van der Waals surface area contributed by atoms with Gasteiger partial charge in [0.25, 0.3) is 0 Å². The number of halogens is 1. The molecule has 1 aliphatic heterocycles. The first kappa shape index (κ1) is 28.2. The molecule has 0 aliphatic carbocycles. The maximum atomic E-state index is 11.3. The number of hydrogen-bond acceptors (Lipinski definition) is 5. The minimum atomic E-state index is -0.0337. The quantitative estimate of drug-likeness (QED) is 0.374. The van der Waals surface area contributed by atoms with E-state index in [2.05, 4.69) is 44.3 Å². The van der Waals surface area contributed by atoms with Gasteiger partial charge in [-0.15, -0.1) is 0 Å². The summed E-state index contributed by atoms with van der Waals surface area (Å²) in [4.78, 5) is 17.7. The molecule has 1 aromatic heterocycles. The van der Waals surface area contributed by atoms with E-state index in [1.54, 1.807) is 25.3 Å². The summed E-state index contributed by atoms with van der Waals surface area (Å²) < 4.78 is 8.66. The number of carbonyl (C=O) groups excluding carboxylic acids is 1. The lowest BCUT2D eigenvalue weighted by Gasteiger charge is -2.27. The molecular formula is C24H42ClN3O2S. The van der Waals surface area contributed by atoms with Crippen molar-refractivity contribution in [3.05, 3.63) is 29.0 Å². The molecular weight excluding hydrogens is 430 g/mol. The summed E-state index contributed by atoms with van der Waals surface area (Å²) in [5.74, 6) is 0.538. The monoisotopic (exact) mass is 471 g/mol. The van der Waals surface area contributed by atoms with Crippen LogP contribution in [-0.2, 0) is 9.53 Å². The number of nitrogens with zero attached hydrogens (tertiary/aromatic N) is 2. The molecule has 1 N–H and O–H groups in total. The Morgan fingerprint density at radius 2 is 1.94 bits per heavy atom. The highest BCUT2D eigenvalue weighted by molar-refractivity contribution is 7.98. The van der Waals surface area contributed by atoms with Crippen molar-refractivity contribution in [2.75, 3.05) is 13.7 Å². The smallest absolute Gasteiger partial charge is 0.210 e. The molecule has 1 amide bonds. The van der Waals surface area contributed by atoms with Crippen molar-refractivity contribution < 1.29 is 9.53 Å². The molecule has 0 radical (unpaired) electrons. The van der Waals surface area contributed by atoms with Crippen molar-refractivity contribution >= 4 is 30.0 Å². The van der Waals surface area contributed by atoms with Crippen LogP contribution in [0.4, 0.5) is 0 Å². The predicted molar refractivity (Wildman–Crippen MR) is 133 cm³/mol. The van der Waals surface area contributed by atoms with Crippen LogP contribution in [0, 0.1) is 5.92 Å². The molecule has 0 saturated carbocycles. The number of rotatable bonds is 7.